The van der Waals surface area contributed by atoms with Crippen LogP contribution >= 0.6 is 7.67 Å². The Bertz CT molecular complexity index is 678. The molecule has 0 aliphatic carbocycles. The van der Waals surface area contributed by atoms with Crippen LogP contribution < -0.4 is 10.2 Å². The lowest BCUT2D eigenvalue weighted by molar-refractivity contribution is -0.146. The van der Waals surface area contributed by atoms with Gasteiger partial charge in [-0.2, -0.15) is 0 Å². The predicted octanol–water partition coefficient (Wildman–Crippen LogP) is 1.88. The molecule has 0 radical (unpaired) electrons. The van der Waals surface area contributed by atoms with E-state index in [2.05, 4.69) is 10.2 Å². The maximum absolute atomic E-state index is 14.0. The second-order valence-electron chi connectivity index (χ2n) is 8.96. The Hall–Kier alpha value is -1.49. The van der Waals surface area contributed by atoms with Crippen molar-refractivity contribution < 1.29 is 43.1 Å². The van der Waals surface area contributed by atoms with E-state index in [1.807, 2.05) is 27.7 Å². The monoisotopic (exact) mass is 508 g/mol. The Morgan fingerprint density at radius 1 is 0.971 bits per heavy atom. The van der Waals surface area contributed by atoms with E-state index in [-0.39, 0.29) is 25.0 Å². The highest BCUT2D eigenvalue weighted by Crippen LogP contribution is 2.41. The number of hydrogen-bond acceptors (Lipinski definition) is 9. The first kappa shape index (κ1) is 30.5. The van der Waals surface area contributed by atoms with Gasteiger partial charge in [0.1, 0.15) is 24.3 Å². The summed E-state index contributed by atoms with van der Waals surface area (Å²) < 4.78 is 35.2. The van der Waals surface area contributed by atoms with Crippen molar-refractivity contribution in [1.82, 2.24) is 10.2 Å². The molecular formula is C22H41N2O9P. The lowest BCUT2D eigenvalue weighted by atomic mass is 10.1. The molecule has 0 saturated heterocycles. The highest BCUT2D eigenvalue weighted by atomic mass is 31.2. The summed E-state index contributed by atoms with van der Waals surface area (Å²) in [6, 6.07) is -1.97. The van der Waals surface area contributed by atoms with Gasteiger partial charge in [0, 0.05) is 0 Å². The second kappa shape index (κ2) is 14.8. The molecular weight excluding hydrogens is 467 g/mol. The fraction of sp³-hybridized carbons (Fsp3) is 0.818. The zero-order valence-corrected chi connectivity index (χ0v) is 21.8. The Kier molecular flexibility index (Phi) is 13.3. The zero-order chi connectivity index (χ0) is 25.9. The van der Waals surface area contributed by atoms with Gasteiger partial charge in [0.25, 0.3) is 0 Å². The van der Waals surface area contributed by atoms with Crippen molar-refractivity contribution in [2.24, 2.45) is 11.8 Å². The number of aliphatic hydroxyl groups excluding tert-OH is 2. The molecule has 34 heavy (non-hydrogen) atoms. The van der Waals surface area contributed by atoms with Crippen molar-refractivity contribution in [2.75, 3.05) is 19.8 Å². The standard InChI is InChI=1S/C22H41N2O9P/c1-7-30-21(27)16(11-14(3)4)23-34(29,24-17(12-15(5)6)22(28)31-8-2)33-13-19-20(26)18(25)9-10-32-19/h9-10,14-20,25-26H,7-8,11-13H2,1-6H3,(H2,23,24,29)/t16?,17?,18?,19-,20?,34?/m1/s1. The maximum Gasteiger partial charge on any atom is 0.342 e. The van der Waals surface area contributed by atoms with E-state index in [1.54, 1.807) is 13.8 Å². The van der Waals surface area contributed by atoms with Gasteiger partial charge < -0.3 is 28.9 Å². The van der Waals surface area contributed by atoms with Crippen LogP contribution in [0.2, 0.25) is 0 Å². The SMILES string of the molecule is CCOC(=O)C(CC(C)C)NP(=O)(NC(CC(C)C)C(=O)OCC)OC[C@H]1OC=CC(O)C1O. The van der Waals surface area contributed by atoms with Crippen LogP contribution in [-0.4, -0.2) is 72.4 Å². The molecule has 0 amide bonds. The van der Waals surface area contributed by atoms with Crippen molar-refractivity contribution in [1.29, 1.82) is 0 Å². The molecule has 0 bridgehead atoms. The maximum atomic E-state index is 14.0. The van der Waals surface area contributed by atoms with Crippen LogP contribution in [0.25, 0.3) is 0 Å². The Labute approximate surface area is 202 Å². The van der Waals surface area contributed by atoms with Crippen LogP contribution in [-0.2, 0) is 32.9 Å². The summed E-state index contributed by atoms with van der Waals surface area (Å²) in [5.41, 5.74) is 0. The summed E-state index contributed by atoms with van der Waals surface area (Å²) in [6.07, 6.45) is -0.420. The van der Waals surface area contributed by atoms with Crippen molar-refractivity contribution in [3.8, 4) is 0 Å². The fourth-order valence-corrected chi connectivity index (χ4v) is 5.13. The van der Waals surface area contributed by atoms with Crippen LogP contribution in [0.1, 0.15) is 54.4 Å². The molecule has 1 aliphatic rings. The third kappa shape index (κ3) is 10.4. The predicted molar refractivity (Wildman–Crippen MR) is 126 cm³/mol. The van der Waals surface area contributed by atoms with Crippen LogP contribution in [0, 0.1) is 11.8 Å². The number of ether oxygens (including phenoxy) is 3. The van der Waals surface area contributed by atoms with Crippen molar-refractivity contribution in [3.63, 3.8) is 0 Å². The van der Waals surface area contributed by atoms with Crippen LogP contribution in [0.3, 0.4) is 0 Å². The minimum atomic E-state index is -4.11. The highest BCUT2D eigenvalue weighted by molar-refractivity contribution is 7.54. The third-order valence-electron chi connectivity index (χ3n) is 4.89. The lowest BCUT2D eigenvalue weighted by Crippen LogP contribution is -2.47. The molecule has 0 spiro atoms. The molecule has 198 valence electrons. The van der Waals surface area contributed by atoms with E-state index in [0.29, 0.717) is 12.8 Å². The number of carbonyl (C=O) groups excluding carboxylic acids is 2. The molecule has 11 nitrogen and oxygen atoms in total. The molecule has 4 N–H and O–H groups in total. The van der Waals surface area contributed by atoms with Gasteiger partial charge in [-0.15, -0.1) is 0 Å². The average molecular weight is 509 g/mol. The minimum absolute atomic E-state index is 0.0515. The second-order valence-corrected chi connectivity index (χ2v) is 10.8. The summed E-state index contributed by atoms with van der Waals surface area (Å²) >= 11 is 0. The summed E-state index contributed by atoms with van der Waals surface area (Å²) in [5.74, 6) is -1.11. The number of hydrogen-bond donors (Lipinski definition) is 4. The summed E-state index contributed by atoms with van der Waals surface area (Å²) in [6.45, 7) is 10.8. The fourth-order valence-electron chi connectivity index (χ4n) is 3.31. The Morgan fingerprint density at radius 3 is 1.85 bits per heavy atom. The van der Waals surface area contributed by atoms with Gasteiger partial charge >= 0.3 is 19.6 Å². The van der Waals surface area contributed by atoms with E-state index in [4.69, 9.17) is 18.7 Å². The van der Waals surface area contributed by atoms with E-state index >= 15 is 0 Å². The molecule has 4 unspecified atom stereocenters. The van der Waals surface area contributed by atoms with E-state index in [0.717, 1.165) is 0 Å². The Balaban J connectivity index is 3.20. The number of aliphatic hydroxyl groups is 2. The first-order valence-electron chi connectivity index (χ1n) is 11.7. The van der Waals surface area contributed by atoms with E-state index in [1.165, 1.54) is 12.3 Å². The van der Waals surface area contributed by atoms with Crippen molar-refractivity contribution >= 4 is 19.6 Å². The highest BCUT2D eigenvalue weighted by Gasteiger charge is 2.39. The van der Waals surface area contributed by atoms with Gasteiger partial charge in [0.2, 0.25) is 0 Å². The molecule has 0 aromatic carbocycles. The normalized spacial score (nSPS) is 23.8. The number of carbonyl (C=O) groups is 2. The first-order chi connectivity index (χ1) is 15.9. The van der Waals surface area contributed by atoms with E-state index in [9.17, 15) is 24.4 Å². The topological polar surface area (TPSA) is 153 Å². The molecule has 0 aromatic rings. The van der Waals surface area contributed by atoms with Gasteiger partial charge in [-0.05, 0) is 44.6 Å². The molecule has 12 heteroatoms. The molecule has 0 saturated carbocycles. The quantitative estimate of drug-likeness (QED) is 0.189. The molecule has 1 rings (SSSR count). The zero-order valence-electron chi connectivity index (χ0n) is 20.9. The number of rotatable bonds is 15. The van der Waals surface area contributed by atoms with Crippen molar-refractivity contribution in [3.05, 3.63) is 12.3 Å². The summed E-state index contributed by atoms with van der Waals surface area (Å²) in [7, 11) is -4.11. The van der Waals surface area contributed by atoms with Crippen molar-refractivity contribution in [2.45, 2.75) is 84.8 Å². The molecule has 5 atom stereocenters. The van der Waals surface area contributed by atoms with Gasteiger partial charge in [-0.3, -0.25) is 14.2 Å². The third-order valence-corrected chi connectivity index (χ3v) is 6.70. The van der Waals surface area contributed by atoms with Gasteiger partial charge in [-0.25, -0.2) is 10.2 Å². The Morgan fingerprint density at radius 2 is 1.44 bits per heavy atom. The van der Waals surface area contributed by atoms with E-state index < -0.39 is 56.6 Å². The summed E-state index contributed by atoms with van der Waals surface area (Å²) in [5, 5.41) is 25.5. The van der Waals surface area contributed by atoms with Crippen LogP contribution in [0.15, 0.2) is 12.3 Å². The lowest BCUT2D eigenvalue weighted by Gasteiger charge is -2.32. The van der Waals surface area contributed by atoms with Gasteiger partial charge in [0.15, 0.2) is 6.10 Å². The molecule has 0 aromatic heterocycles. The smallest absolute Gasteiger partial charge is 0.342 e. The number of nitrogens with one attached hydrogen (secondary N) is 2. The summed E-state index contributed by atoms with van der Waals surface area (Å²) in [4.78, 5) is 25.1. The molecule has 0 fully saturated rings. The molecule has 1 aliphatic heterocycles. The number of esters is 2. The average Bonchev–Trinajstić information content (AvgIpc) is 2.73. The minimum Gasteiger partial charge on any atom is -0.493 e. The van der Waals surface area contributed by atoms with Gasteiger partial charge in [-0.1, -0.05) is 27.7 Å². The van der Waals surface area contributed by atoms with Crippen LogP contribution in [0.4, 0.5) is 0 Å². The van der Waals surface area contributed by atoms with Crippen LogP contribution in [0.5, 0.6) is 0 Å². The molecule has 1 heterocycles. The van der Waals surface area contributed by atoms with Gasteiger partial charge in [0.05, 0.1) is 26.1 Å². The largest absolute Gasteiger partial charge is 0.493 e. The first-order valence-corrected chi connectivity index (χ1v) is 13.4.